The van der Waals surface area contributed by atoms with Gasteiger partial charge in [0.25, 0.3) is 0 Å². The van der Waals surface area contributed by atoms with Gasteiger partial charge in [-0.3, -0.25) is 4.98 Å². The second-order valence-corrected chi connectivity index (χ2v) is 12.7. The molecule has 0 bridgehead atoms. The molecule has 2 heterocycles. The zero-order chi connectivity index (χ0) is 30.9. The van der Waals surface area contributed by atoms with Gasteiger partial charge in [-0.05, 0) is 62.7 Å². The standard InChI is InChI=1S/C42H30N4/c1-41(2)33-20-10-11-21-34(33)42(31-18-8-6-16-29(31)30-17-7-9-19-32(30)42)35-24-23-28(26-36(35)41)39-44-38(27-14-4-3-5-15-27)45-40(46-39)37-22-12-13-25-43-37/h3-26H,1-2H3. The third kappa shape index (κ3) is 3.67. The molecule has 4 heteroatoms. The highest BCUT2D eigenvalue weighted by atomic mass is 15.0. The van der Waals surface area contributed by atoms with Crippen molar-refractivity contribution in [3.05, 3.63) is 179 Å². The van der Waals surface area contributed by atoms with Gasteiger partial charge in [-0.2, -0.15) is 0 Å². The van der Waals surface area contributed by atoms with Gasteiger partial charge in [0.05, 0.1) is 5.41 Å². The molecule has 0 fully saturated rings. The summed E-state index contributed by atoms with van der Waals surface area (Å²) in [5.74, 6) is 1.82. The van der Waals surface area contributed by atoms with Crippen molar-refractivity contribution in [3.63, 3.8) is 0 Å². The minimum Gasteiger partial charge on any atom is -0.253 e. The quantitative estimate of drug-likeness (QED) is 0.206. The van der Waals surface area contributed by atoms with Crippen molar-refractivity contribution in [3.8, 4) is 45.4 Å². The van der Waals surface area contributed by atoms with Crippen molar-refractivity contribution in [2.45, 2.75) is 24.7 Å². The summed E-state index contributed by atoms with van der Waals surface area (Å²) in [5.41, 5.74) is 12.4. The Balaban J connectivity index is 1.33. The fraction of sp³-hybridized carbons (Fsp3) is 0.0952. The molecule has 4 nitrogen and oxygen atoms in total. The van der Waals surface area contributed by atoms with Crippen LogP contribution in [0.1, 0.15) is 47.2 Å². The summed E-state index contributed by atoms with van der Waals surface area (Å²) in [4.78, 5) is 19.5. The molecule has 0 radical (unpaired) electrons. The molecule has 0 amide bonds. The van der Waals surface area contributed by atoms with Crippen LogP contribution >= 0.6 is 0 Å². The molecule has 0 unspecified atom stereocenters. The monoisotopic (exact) mass is 590 g/mol. The summed E-state index contributed by atoms with van der Waals surface area (Å²) in [5, 5.41) is 0. The summed E-state index contributed by atoms with van der Waals surface area (Å²) in [6.45, 7) is 4.69. The number of benzene rings is 5. The van der Waals surface area contributed by atoms with E-state index in [1.54, 1.807) is 6.20 Å². The average Bonchev–Trinajstić information content (AvgIpc) is 3.42. The van der Waals surface area contributed by atoms with Crippen LogP contribution in [0.2, 0.25) is 0 Å². The first kappa shape index (κ1) is 26.6. The van der Waals surface area contributed by atoms with Gasteiger partial charge in [-0.25, -0.2) is 15.0 Å². The van der Waals surface area contributed by atoms with Gasteiger partial charge in [0.2, 0.25) is 0 Å². The fourth-order valence-electron chi connectivity index (χ4n) is 7.82. The number of hydrogen-bond acceptors (Lipinski definition) is 4. The SMILES string of the molecule is CC1(C)c2ccccc2C2(c3ccccc3-c3ccccc32)c2ccc(-c3nc(-c4ccccc4)nc(-c4ccccn4)n3)cc21. The molecule has 2 aromatic heterocycles. The number of pyridine rings is 1. The molecule has 1 spiro atoms. The van der Waals surface area contributed by atoms with Crippen molar-refractivity contribution >= 4 is 0 Å². The molecule has 0 saturated heterocycles. The zero-order valence-corrected chi connectivity index (χ0v) is 25.6. The Bertz CT molecular complexity index is 2190. The van der Waals surface area contributed by atoms with E-state index in [0.29, 0.717) is 23.2 Å². The summed E-state index contributed by atoms with van der Waals surface area (Å²) < 4.78 is 0. The van der Waals surface area contributed by atoms with E-state index >= 15 is 0 Å². The second kappa shape index (κ2) is 9.88. The van der Waals surface area contributed by atoms with Crippen LogP contribution in [0.4, 0.5) is 0 Å². The first-order chi connectivity index (χ1) is 22.6. The Kier molecular flexibility index (Phi) is 5.72. The van der Waals surface area contributed by atoms with Gasteiger partial charge in [0.1, 0.15) is 5.69 Å². The van der Waals surface area contributed by atoms with E-state index in [1.807, 2.05) is 48.5 Å². The molecule has 7 aromatic rings. The lowest BCUT2D eigenvalue weighted by Gasteiger charge is -2.46. The highest BCUT2D eigenvalue weighted by Crippen LogP contribution is 2.62. The molecule has 0 atom stereocenters. The van der Waals surface area contributed by atoms with E-state index in [-0.39, 0.29) is 5.41 Å². The highest BCUT2D eigenvalue weighted by molar-refractivity contribution is 5.88. The second-order valence-electron chi connectivity index (χ2n) is 12.7. The maximum Gasteiger partial charge on any atom is 0.182 e. The van der Waals surface area contributed by atoms with Crippen molar-refractivity contribution in [2.75, 3.05) is 0 Å². The minimum absolute atomic E-state index is 0.265. The smallest absolute Gasteiger partial charge is 0.182 e. The molecule has 0 aliphatic heterocycles. The molecule has 0 N–H and O–H groups in total. The Morgan fingerprint density at radius 1 is 0.413 bits per heavy atom. The summed E-state index contributed by atoms with van der Waals surface area (Å²) >= 11 is 0. The number of fused-ring (bicyclic) bond motifs is 9. The first-order valence-electron chi connectivity index (χ1n) is 15.7. The first-order valence-corrected chi connectivity index (χ1v) is 15.7. The Labute approximate surface area is 268 Å². The van der Waals surface area contributed by atoms with Gasteiger partial charge in [0.15, 0.2) is 17.5 Å². The van der Waals surface area contributed by atoms with Crippen LogP contribution in [0.3, 0.4) is 0 Å². The molecular formula is C42H30N4. The average molecular weight is 591 g/mol. The van der Waals surface area contributed by atoms with Crippen LogP contribution in [-0.4, -0.2) is 19.9 Å². The number of rotatable bonds is 3. The van der Waals surface area contributed by atoms with E-state index < -0.39 is 5.41 Å². The normalized spacial score (nSPS) is 14.7. The maximum absolute atomic E-state index is 5.05. The van der Waals surface area contributed by atoms with Crippen LogP contribution in [-0.2, 0) is 10.8 Å². The van der Waals surface area contributed by atoms with Crippen molar-refractivity contribution in [2.24, 2.45) is 0 Å². The van der Waals surface area contributed by atoms with Crippen LogP contribution in [0.5, 0.6) is 0 Å². The van der Waals surface area contributed by atoms with Gasteiger partial charge < -0.3 is 0 Å². The van der Waals surface area contributed by atoms with Crippen molar-refractivity contribution in [1.29, 1.82) is 0 Å². The Morgan fingerprint density at radius 2 is 0.957 bits per heavy atom. The summed E-state index contributed by atoms with van der Waals surface area (Å²) in [6.07, 6.45) is 1.77. The number of nitrogens with zero attached hydrogens (tertiary/aromatic N) is 4. The summed E-state index contributed by atoms with van der Waals surface area (Å²) in [6, 6.07) is 49.6. The van der Waals surface area contributed by atoms with Crippen LogP contribution < -0.4 is 0 Å². The van der Waals surface area contributed by atoms with Crippen LogP contribution in [0, 0.1) is 0 Å². The number of hydrogen-bond donors (Lipinski definition) is 0. The van der Waals surface area contributed by atoms with Crippen LogP contribution in [0.15, 0.2) is 146 Å². The van der Waals surface area contributed by atoms with Crippen LogP contribution in [0.25, 0.3) is 45.4 Å². The third-order valence-electron chi connectivity index (χ3n) is 9.87. The molecule has 46 heavy (non-hydrogen) atoms. The van der Waals surface area contributed by atoms with E-state index in [1.165, 1.54) is 44.5 Å². The molecule has 2 aliphatic rings. The lowest BCUT2D eigenvalue weighted by Crippen LogP contribution is -2.40. The van der Waals surface area contributed by atoms with Crippen molar-refractivity contribution < 1.29 is 0 Å². The predicted octanol–water partition coefficient (Wildman–Crippen LogP) is 9.27. The topological polar surface area (TPSA) is 51.6 Å². The van der Waals surface area contributed by atoms with E-state index in [0.717, 1.165) is 11.1 Å². The van der Waals surface area contributed by atoms with Gasteiger partial charge in [0, 0.05) is 22.7 Å². The molecular weight excluding hydrogens is 560 g/mol. The Hall–Kier alpha value is -5.74. The largest absolute Gasteiger partial charge is 0.253 e. The van der Waals surface area contributed by atoms with E-state index in [2.05, 4.69) is 110 Å². The van der Waals surface area contributed by atoms with E-state index in [9.17, 15) is 0 Å². The highest BCUT2D eigenvalue weighted by Gasteiger charge is 2.53. The van der Waals surface area contributed by atoms with Crippen molar-refractivity contribution in [1.82, 2.24) is 19.9 Å². The summed E-state index contributed by atoms with van der Waals surface area (Å²) in [7, 11) is 0. The molecule has 0 saturated carbocycles. The van der Waals surface area contributed by atoms with Gasteiger partial charge in [-0.1, -0.05) is 135 Å². The predicted molar refractivity (Wildman–Crippen MR) is 183 cm³/mol. The van der Waals surface area contributed by atoms with E-state index in [4.69, 9.17) is 15.0 Å². The lowest BCUT2D eigenvalue weighted by molar-refractivity contribution is 0.563. The number of aromatic nitrogens is 4. The minimum atomic E-state index is -0.430. The molecule has 2 aliphatic carbocycles. The molecule has 5 aromatic carbocycles. The lowest BCUT2D eigenvalue weighted by atomic mass is 9.55. The Morgan fingerprint density at radius 3 is 1.63 bits per heavy atom. The molecule has 9 rings (SSSR count). The molecule has 218 valence electrons. The maximum atomic E-state index is 5.05. The zero-order valence-electron chi connectivity index (χ0n) is 25.6. The van der Waals surface area contributed by atoms with Gasteiger partial charge >= 0.3 is 0 Å². The van der Waals surface area contributed by atoms with Gasteiger partial charge in [-0.15, -0.1) is 0 Å². The third-order valence-corrected chi connectivity index (χ3v) is 9.87. The fourth-order valence-corrected chi connectivity index (χ4v) is 7.82.